The summed E-state index contributed by atoms with van der Waals surface area (Å²) in [4.78, 5) is 23.8. The van der Waals surface area contributed by atoms with Gasteiger partial charge in [0.1, 0.15) is 0 Å². The second-order valence-corrected chi connectivity index (χ2v) is 16.7. The fraction of sp³-hybridized carbons (Fsp3) is 0.586. The maximum atomic E-state index is 12.6. The highest BCUT2D eigenvalue weighted by Gasteiger charge is 2.37. The van der Waals surface area contributed by atoms with E-state index >= 15 is 0 Å². The molecule has 4 rings (SSSR count). The average Bonchev–Trinajstić information content (AvgIpc) is 3.23. The summed E-state index contributed by atoms with van der Waals surface area (Å²) >= 11 is 0. The van der Waals surface area contributed by atoms with Gasteiger partial charge in [0, 0.05) is 37.0 Å². The average molecular weight is 538 g/mol. The summed E-state index contributed by atoms with van der Waals surface area (Å²) in [6.45, 7) is 17.7. The second-order valence-electron chi connectivity index (χ2n) is 11.9. The van der Waals surface area contributed by atoms with E-state index in [0.29, 0.717) is 19.8 Å². The molecule has 0 N–H and O–H groups in total. The van der Waals surface area contributed by atoms with Crippen LogP contribution in [0, 0.1) is 6.92 Å². The van der Waals surface area contributed by atoms with Crippen LogP contribution in [0.3, 0.4) is 0 Å². The van der Waals surface area contributed by atoms with Gasteiger partial charge in [-0.15, -0.1) is 0 Å². The molecule has 1 atom stereocenters. The van der Waals surface area contributed by atoms with Crippen molar-refractivity contribution in [2.24, 2.45) is 0 Å². The van der Waals surface area contributed by atoms with Crippen LogP contribution in [-0.4, -0.2) is 58.6 Å². The number of amides is 1. The molecule has 0 radical (unpaired) electrons. The van der Waals surface area contributed by atoms with Crippen LogP contribution in [0.5, 0.6) is 0 Å². The minimum absolute atomic E-state index is 0.144. The van der Waals surface area contributed by atoms with Crippen LogP contribution < -0.4 is 0 Å². The Hall–Kier alpha value is -2.78. The van der Waals surface area contributed by atoms with Crippen molar-refractivity contribution < 1.29 is 14.0 Å². The van der Waals surface area contributed by atoms with E-state index in [1.54, 1.807) is 0 Å². The van der Waals surface area contributed by atoms with Crippen LogP contribution in [-0.2, 0) is 15.8 Å². The summed E-state index contributed by atoms with van der Waals surface area (Å²) in [7, 11) is -1.88. The van der Waals surface area contributed by atoms with Gasteiger partial charge in [0.25, 0.3) is 0 Å². The van der Waals surface area contributed by atoms with Crippen molar-refractivity contribution in [1.29, 1.82) is 0 Å². The number of likely N-dealkylation sites (tertiary alicyclic amines) is 1. The molecule has 1 amide bonds. The SMILES string of the molecule is CCCCOC(=O)N1CCCC(c2ccnc3c(-c4ccnc(CO[Si](C)(C)C(C)(C)C)c4)c(C)nn23)C1. The molecule has 3 aromatic rings. The number of fused-ring (bicyclic) bond motifs is 1. The number of nitrogens with zero attached hydrogens (tertiary/aromatic N) is 5. The van der Waals surface area contributed by atoms with E-state index in [9.17, 15) is 4.79 Å². The molecule has 0 aliphatic carbocycles. The molecule has 1 aliphatic heterocycles. The first-order valence-corrected chi connectivity index (χ1v) is 16.8. The number of pyridine rings is 1. The van der Waals surface area contributed by atoms with Crippen LogP contribution in [0.4, 0.5) is 4.79 Å². The molecule has 8 nitrogen and oxygen atoms in total. The van der Waals surface area contributed by atoms with Crippen LogP contribution in [0.2, 0.25) is 18.1 Å². The second kappa shape index (κ2) is 11.5. The van der Waals surface area contributed by atoms with E-state index < -0.39 is 8.32 Å². The smallest absolute Gasteiger partial charge is 0.409 e. The molecular formula is C29H43N5O3Si. The van der Waals surface area contributed by atoms with E-state index in [1.807, 2.05) is 40.9 Å². The monoisotopic (exact) mass is 537 g/mol. The Bertz CT molecular complexity index is 1270. The number of ether oxygens (including phenoxy) is 1. The molecule has 0 spiro atoms. The predicted octanol–water partition coefficient (Wildman–Crippen LogP) is 6.74. The Labute approximate surface area is 227 Å². The molecule has 4 heterocycles. The van der Waals surface area contributed by atoms with Crippen LogP contribution >= 0.6 is 0 Å². The van der Waals surface area contributed by atoms with Crippen molar-refractivity contribution in [3.05, 3.63) is 47.7 Å². The van der Waals surface area contributed by atoms with Crippen molar-refractivity contribution in [3.63, 3.8) is 0 Å². The molecular weight excluding hydrogens is 494 g/mol. The van der Waals surface area contributed by atoms with Crippen molar-refractivity contribution in [1.82, 2.24) is 24.5 Å². The van der Waals surface area contributed by atoms with Gasteiger partial charge >= 0.3 is 6.09 Å². The third-order valence-corrected chi connectivity index (χ3v) is 12.5. The minimum atomic E-state index is -1.88. The lowest BCUT2D eigenvalue weighted by atomic mass is 9.94. The van der Waals surface area contributed by atoms with Gasteiger partial charge in [0.15, 0.2) is 14.0 Å². The normalized spacial score (nSPS) is 16.7. The van der Waals surface area contributed by atoms with Crippen molar-refractivity contribution in [2.45, 2.75) is 91.0 Å². The molecule has 38 heavy (non-hydrogen) atoms. The summed E-state index contributed by atoms with van der Waals surface area (Å²) in [6, 6.07) is 6.15. The van der Waals surface area contributed by atoms with Crippen molar-refractivity contribution in [3.8, 4) is 11.1 Å². The summed E-state index contributed by atoms with van der Waals surface area (Å²) in [5, 5.41) is 5.06. The zero-order valence-corrected chi connectivity index (χ0v) is 25.1. The number of carbonyl (C=O) groups excluding carboxylic acids is 1. The molecule has 1 unspecified atom stereocenters. The quantitative estimate of drug-likeness (QED) is 0.234. The van der Waals surface area contributed by atoms with Crippen LogP contribution in [0.1, 0.15) is 76.4 Å². The number of hydrogen-bond acceptors (Lipinski definition) is 6. The van der Waals surface area contributed by atoms with E-state index in [2.05, 4.69) is 51.8 Å². The van der Waals surface area contributed by atoms with E-state index in [4.69, 9.17) is 19.2 Å². The third-order valence-electron chi connectivity index (χ3n) is 8.04. The largest absolute Gasteiger partial charge is 0.449 e. The first-order valence-electron chi connectivity index (χ1n) is 13.9. The number of hydrogen-bond donors (Lipinski definition) is 0. The lowest BCUT2D eigenvalue weighted by molar-refractivity contribution is 0.0900. The van der Waals surface area contributed by atoms with Gasteiger partial charge < -0.3 is 14.1 Å². The van der Waals surface area contributed by atoms with E-state index in [1.165, 1.54) is 0 Å². The molecule has 0 saturated carbocycles. The Morgan fingerprint density at radius 3 is 2.68 bits per heavy atom. The highest BCUT2D eigenvalue weighted by Crippen LogP contribution is 2.37. The van der Waals surface area contributed by atoms with Crippen molar-refractivity contribution in [2.75, 3.05) is 19.7 Å². The highest BCUT2D eigenvalue weighted by atomic mass is 28.4. The summed E-state index contributed by atoms with van der Waals surface area (Å²) in [6.07, 6.45) is 7.32. The first kappa shape index (κ1) is 28.2. The van der Waals surface area contributed by atoms with Crippen LogP contribution in [0.25, 0.3) is 16.8 Å². The molecule has 3 aromatic heterocycles. The van der Waals surface area contributed by atoms with Crippen LogP contribution in [0.15, 0.2) is 30.6 Å². The topological polar surface area (TPSA) is 81.8 Å². The number of piperidine rings is 1. The van der Waals surface area contributed by atoms with Gasteiger partial charge in [-0.05, 0) is 68.1 Å². The molecule has 206 valence electrons. The van der Waals surface area contributed by atoms with Gasteiger partial charge in [0.2, 0.25) is 0 Å². The number of carbonyl (C=O) groups is 1. The zero-order chi connectivity index (χ0) is 27.5. The Morgan fingerprint density at radius 1 is 1.18 bits per heavy atom. The first-order chi connectivity index (χ1) is 18.0. The standard InChI is InChI=1S/C29H43N5O3Si/c1-8-9-17-36-28(35)33-16-10-11-23(19-33)25-13-15-31-27-26(21(2)32-34(25)27)22-12-14-30-24(18-22)20-37-38(6,7)29(3,4)5/h12-15,18,23H,8-11,16-17,19-20H2,1-7H3. The minimum Gasteiger partial charge on any atom is -0.449 e. The third kappa shape index (κ3) is 6.09. The number of unbranched alkanes of at least 4 members (excludes halogenated alkanes) is 1. The molecule has 0 bridgehead atoms. The summed E-state index contributed by atoms with van der Waals surface area (Å²) in [5.41, 5.74) is 5.77. The lowest BCUT2D eigenvalue weighted by Crippen LogP contribution is -2.40. The highest BCUT2D eigenvalue weighted by molar-refractivity contribution is 6.74. The number of aromatic nitrogens is 4. The summed E-state index contributed by atoms with van der Waals surface area (Å²) < 4.78 is 13.9. The van der Waals surface area contributed by atoms with Gasteiger partial charge in [-0.2, -0.15) is 5.10 Å². The van der Waals surface area contributed by atoms with Gasteiger partial charge in [-0.3, -0.25) is 4.98 Å². The van der Waals surface area contributed by atoms with Gasteiger partial charge in [-0.1, -0.05) is 34.1 Å². The molecule has 1 saturated heterocycles. The number of rotatable bonds is 8. The van der Waals surface area contributed by atoms with Gasteiger partial charge in [0.05, 0.1) is 30.3 Å². The predicted molar refractivity (Wildman–Crippen MR) is 153 cm³/mol. The molecule has 0 aromatic carbocycles. The fourth-order valence-electron chi connectivity index (χ4n) is 4.68. The lowest BCUT2D eigenvalue weighted by Gasteiger charge is -2.36. The molecule has 9 heteroatoms. The molecule has 1 fully saturated rings. The Balaban J connectivity index is 1.58. The Morgan fingerprint density at radius 2 is 1.95 bits per heavy atom. The van der Waals surface area contributed by atoms with E-state index in [0.717, 1.165) is 66.1 Å². The Kier molecular flexibility index (Phi) is 8.57. The van der Waals surface area contributed by atoms with Gasteiger partial charge in [-0.25, -0.2) is 14.3 Å². The summed E-state index contributed by atoms with van der Waals surface area (Å²) in [5.74, 6) is 0.172. The number of aryl methyl sites for hydroxylation is 1. The molecule has 1 aliphatic rings. The zero-order valence-electron chi connectivity index (χ0n) is 24.1. The fourth-order valence-corrected chi connectivity index (χ4v) is 5.62. The van der Waals surface area contributed by atoms with Crippen molar-refractivity contribution >= 4 is 20.1 Å². The maximum absolute atomic E-state index is 12.6. The van der Waals surface area contributed by atoms with E-state index in [-0.39, 0.29) is 17.0 Å². The maximum Gasteiger partial charge on any atom is 0.409 e.